The highest BCUT2D eigenvalue weighted by atomic mass is 16.5. The van der Waals surface area contributed by atoms with Gasteiger partial charge in [-0.15, -0.1) is 0 Å². The SMILES string of the molecule is COc1ccc(C2=NN(C(=O)CCC(=O)O)[C@@H](c3ccccc3)C2)cc1OC. The number of rotatable bonds is 7. The molecule has 7 heteroatoms. The number of carbonyl (C=O) groups is 2. The van der Waals surface area contributed by atoms with Gasteiger partial charge >= 0.3 is 5.97 Å². The zero-order chi connectivity index (χ0) is 20.1. The molecular weight excluding hydrogens is 360 g/mol. The van der Waals surface area contributed by atoms with Crippen LogP contribution in [-0.4, -0.2) is 41.9 Å². The molecule has 2 aromatic rings. The van der Waals surface area contributed by atoms with E-state index < -0.39 is 5.97 Å². The molecule has 0 fully saturated rings. The molecule has 0 aliphatic carbocycles. The molecule has 28 heavy (non-hydrogen) atoms. The van der Waals surface area contributed by atoms with Gasteiger partial charge in [0.25, 0.3) is 0 Å². The van der Waals surface area contributed by atoms with Crippen molar-refractivity contribution in [1.29, 1.82) is 0 Å². The molecule has 3 rings (SSSR count). The predicted octanol–water partition coefficient (Wildman–Crippen LogP) is 3.25. The van der Waals surface area contributed by atoms with Crippen molar-refractivity contribution in [1.82, 2.24) is 5.01 Å². The quantitative estimate of drug-likeness (QED) is 0.794. The zero-order valence-corrected chi connectivity index (χ0v) is 15.8. The first-order valence-corrected chi connectivity index (χ1v) is 8.92. The van der Waals surface area contributed by atoms with Crippen LogP contribution in [0.3, 0.4) is 0 Å². The number of nitrogens with zero attached hydrogens (tertiary/aromatic N) is 2. The summed E-state index contributed by atoms with van der Waals surface area (Å²) in [6.45, 7) is 0. The largest absolute Gasteiger partial charge is 0.493 e. The minimum atomic E-state index is -1.01. The fourth-order valence-corrected chi connectivity index (χ4v) is 3.19. The fraction of sp³-hybridized carbons (Fsp3) is 0.286. The smallest absolute Gasteiger partial charge is 0.303 e. The monoisotopic (exact) mass is 382 g/mol. The number of amides is 1. The molecule has 1 atom stereocenters. The Kier molecular flexibility index (Phi) is 5.93. The molecule has 1 heterocycles. The summed E-state index contributed by atoms with van der Waals surface area (Å²) < 4.78 is 10.6. The first-order valence-electron chi connectivity index (χ1n) is 8.92. The molecule has 1 N–H and O–H groups in total. The average molecular weight is 382 g/mol. The fourth-order valence-electron chi connectivity index (χ4n) is 3.19. The summed E-state index contributed by atoms with van der Waals surface area (Å²) >= 11 is 0. The highest BCUT2D eigenvalue weighted by Gasteiger charge is 2.33. The predicted molar refractivity (Wildman–Crippen MR) is 104 cm³/mol. The van der Waals surface area contributed by atoms with Gasteiger partial charge in [-0.3, -0.25) is 9.59 Å². The number of ether oxygens (including phenoxy) is 2. The minimum Gasteiger partial charge on any atom is -0.493 e. The maximum absolute atomic E-state index is 12.6. The third-order valence-electron chi connectivity index (χ3n) is 4.62. The molecule has 2 aromatic carbocycles. The molecule has 0 saturated carbocycles. The number of hydrogen-bond donors (Lipinski definition) is 1. The molecule has 146 valence electrons. The topological polar surface area (TPSA) is 88.4 Å². The van der Waals surface area contributed by atoms with Crippen LogP contribution in [0, 0.1) is 0 Å². The number of benzene rings is 2. The summed E-state index contributed by atoms with van der Waals surface area (Å²) in [5.41, 5.74) is 2.51. The summed E-state index contributed by atoms with van der Waals surface area (Å²) in [6.07, 6.45) is 0.206. The van der Waals surface area contributed by atoms with Crippen molar-refractivity contribution in [3.05, 3.63) is 59.7 Å². The number of carbonyl (C=O) groups excluding carboxylic acids is 1. The van der Waals surface area contributed by atoms with E-state index in [4.69, 9.17) is 14.6 Å². The first-order chi connectivity index (χ1) is 13.5. The molecule has 0 bridgehead atoms. The van der Waals surface area contributed by atoms with Gasteiger partial charge in [-0.25, -0.2) is 5.01 Å². The van der Waals surface area contributed by atoms with Crippen LogP contribution < -0.4 is 9.47 Å². The summed E-state index contributed by atoms with van der Waals surface area (Å²) in [5, 5.41) is 14.8. The van der Waals surface area contributed by atoms with Gasteiger partial charge in [0.15, 0.2) is 11.5 Å². The number of hydrogen-bond acceptors (Lipinski definition) is 5. The third kappa shape index (κ3) is 4.14. The van der Waals surface area contributed by atoms with Crippen LogP contribution >= 0.6 is 0 Å². The van der Waals surface area contributed by atoms with E-state index in [1.54, 1.807) is 20.3 Å². The molecule has 0 unspecified atom stereocenters. The normalized spacial score (nSPS) is 15.9. The molecule has 0 spiro atoms. The van der Waals surface area contributed by atoms with Gasteiger partial charge in [0.2, 0.25) is 5.91 Å². The second kappa shape index (κ2) is 8.56. The van der Waals surface area contributed by atoms with Crippen LogP contribution in [0.5, 0.6) is 11.5 Å². The standard InChI is InChI=1S/C21H22N2O5/c1-27-18-9-8-15(12-19(18)28-2)16-13-17(14-6-4-3-5-7-14)23(22-16)20(24)10-11-21(25)26/h3-9,12,17H,10-11,13H2,1-2H3,(H,25,26)/t17-/m1/s1. The lowest BCUT2D eigenvalue weighted by Crippen LogP contribution is -2.27. The zero-order valence-electron chi connectivity index (χ0n) is 15.8. The van der Waals surface area contributed by atoms with E-state index in [0.717, 1.165) is 16.8 Å². The van der Waals surface area contributed by atoms with Gasteiger partial charge in [0.05, 0.1) is 32.4 Å². The van der Waals surface area contributed by atoms with E-state index >= 15 is 0 Å². The molecule has 0 radical (unpaired) electrons. The Hall–Kier alpha value is -3.35. The lowest BCUT2D eigenvalue weighted by atomic mass is 9.98. The minimum absolute atomic E-state index is 0.0959. The number of aliphatic carboxylic acids is 1. The summed E-state index contributed by atoms with van der Waals surface area (Å²) in [6, 6.07) is 14.8. The number of methoxy groups -OCH3 is 2. The van der Waals surface area contributed by atoms with Gasteiger partial charge in [0, 0.05) is 18.4 Å². The Labute approximate surface area is 163 Å². The van der Waals surface area contributed by atoms with Crippen molar-refractivity contribution >= 4 is 17.6 Å². The lowest BCUT2D eigenvalue weighted by Gasteiger charge is -2.21. The van der Waals surface area contributed by atoms with Gasteiger partial charge in [-0.05, 0) is 23.8 Å². The van der Waals surface area contributed by atoms with Crippen molar-refractivity contribution in [3.8, 4) is 11.5 Å². The lowest BCUT2D eigenvalue weighted by molar-refractivity contribution is -0.141. The Morgan fingerprint density at radius 1 is 1.07 bits per heavy atom. The van der Waals surface area contributed by atoms with Crippen molar-refractivity contribution in [2.75, 3.05) is 14.2 Å². The van der Waals surface area contributed by atoms with Crippen LogP contribution in [0.4, 0.5) is 0 Å². The van der Waals surface area contributed by atoms with E-state index in [0.29, 0.717) is 17.9 Å². The number of carboxylic acid groups (broad SMARTS) is 1. The maximum atomic E-state index is 12.6. The molecule has 1 amide bonds. The maximum Gasteiger partial charge on any atom is 0.303 e. The number of hydrazone groups is 1. The summed E-state index contributed by atoms with van der Waals surface area (Å²) in [5.74, 6) is -0.131. The van der Waals surface area contributed by atoms with Gasteiger partial charge < -0.3 is 14.6 Å². The van der Waals surface area contributed by atoms with Crippen LogP contribution in [0.2, 0.25) is 0 Å². The van der Waals surface area contributed by atoms with Crippen LogP contribution in [0.15, 0.2) is 53.6 Å². The summed E-state index contributed by atoms with van der Waals surface area (Å²) in [7, 11) is 3.13. The van der Waals surface area contributed by atoms with Crippen molar-refractivity contribution in [2.45, 2.75) is 25.3 Å². The Bertz CT molecular complexity index is 895. The molecule has 0 saturated heterocycles. The first kappa shape index (κ1) is 19.4. The Morgan fingerprint density at radius 2 is 1.79 bits per heavy atom. The van der Waals surface area contributed by atoms with Crippen LogP contribution in [0.25, 0.3) is 0 Å². The highest BCUT2D eigenvalue weighted by molar-refractivity contribution is 6.03. The van der Waals surface area contributed by atoms with E-state index in [1.807, 2.05) is 42.5 Å². The van der Waals surface area contributed by atoms with Crippen LogP contribution in [0.1, 0.15) is 36.4 Å². The van der Waals surface area contributed by atoms with Crippen LogP contribution in [-0.2, 0) is 9.59 Å². The van der Waals surface area contributed by atoms with E-state index in [-0.39, 0.29) is 24.8 Å². The molecule has 1 aliphatic rings. The van der Waals surface area contributed by atoms with E-state index in [2.05, 4.69) is 5.10 Å². The van der Waals surface area contributed by atoms with Gasteiger partial charge in [0.1, 0.15) is 0 Å². The van der Waals surface area contributed by atoms with Crippen molar-refractivity contribution in [2.24, 2.45) is 5.10 Å². The van der Waals surface area contributed by atoms with E-state index in [1.165, 1.54) is 5.01 Å². The molecule has 1 aliphatic heterocycles. The van der Waals surface area contributed by atoms with Crippen molar-refractivity contribution < 1.29 is 24.2 Å². The molecule has 7 nitrogen and oxygen atoms in total. The third-order valence-corrected chi connectivity index (χ3v) is 4.62. The summed E-state index contributed by atoms with van der Waals surface area (Å²) in [4.78, 5) is 23.5. The second-order valence-electron chi connectivity index (χ2n) is 6.38. The van der Waals surface area contributed by atoms with Gasteiger partial charge in [-0.1, -0.05) is 30.3 Å². The van der Waals surface area contributed by atoms with Crippen molar-refractivity contribution in [3.63, 3.8) is 0 Å². The number of carboxylic acids is 1. The molecular formula is C21H22N2O5. The van der Waals surface area contributed by atoms with E-state index in [9.17, 15) is 9.59 Å². The average Bonchev–Trinajstić information content (AvgIpc) is 3.17. The second-order valence-corrected chi connectivity index (χ2v) is 6.38. The van der Waals surface area contributed by atoms with Gasteiger partial charge in [-0.2, -0.15) is 5.10 Å². The highest BCUT2D eigenvalue weighted by Crippen LogP contribution is 2.35. The Morgan fingerprint density at radius 3 is 2.43 bits per heavy atom. The Balaban J connectivity index is 1.93. The molecule has 0 aromatic heterocycles.